The van der Waals surface area contributed by atoms with Crippen LogP contribution >= 0.6 is 0 Å². The monoisotopic (exact) mass is 506 g/mol. The van der Waals surface area contributed by atoms with E-state index in [1.807, 2.05) is 4.90 Å². The van der Waals surface area contributed by atoms with Crippen LogP contribution < -0.4 is 4.90 Å². The largest absolute Gasteiger partial charge is 0.511 e. The van der Waals surface area contributed by atoms with Gasteiger partial charge >= 0.3 is 22.1 Å². The zero-order valence-electron chi connectivity index (χ0n) is 18.5. The van der Waals surface area contributed by atoms with Gasteiger partial charge in [0, 0.05) is 31.0 Å². The van der Waals surface area contributed by atoms with Gasteiger partial charge in [0.25, 0.3) is 0 Å². The highest BCUT2D eigenvalue weighted by Crippen LogP contribution is 2.37. The molecule has 1 aromatic carbocycles. The molecule has 1 aliphatic carbocycles. The smallest absolute Gasteiger partial charge is 0.361 e. The lowest BCUT2D eigenvalue weighted by atomic mass is 9.97. The van der Waals surface area contributed by atoms with Crippen LogP contribution in [0.1, 0.15) is 56.3 Å². The van der Waals surface area contributed by atoms with Crippen LogP contribution in [0.15, 0.2) is 36.8 Å². The quantitative estimate of drug-likeness (QED) is 0.479. The molecule has 2 aliphatic rings. The van der Waals surface area contributed by atoms with E-state index >= 15 is 0 Å². The van der Waals surface area contributed by atoms with Crippen molar-refractivity contribution in [2.24, 2.45) is 5.92 Å². The number of para-hydroxylation sites is 1. The summed E-state index contributed by atoms with van der Waals surface area (Å²) in [6, 6.07) is 6.12. The molecule has 34 heavy (non-hydrogen) atoms. The van der Waals surface area contributed by atoms with E-state index in [0.717, 1.165) is 38.4 Å². The van der Waals surface area contributed by atoms with Gasteiger partial charge in [0.2, 0.25) is 0 Å². The number of benzene rings is 1. The summed E-state index contributed by atoms with van der Waals surface area (Å²) in [5, 5.41) is 0. The van der Waals surface area contributed by atoms with Gasteiger partial charge in [-0.3, -0.25) is 4.57 Å². The maximum Gasteiger partial charge on any atom is 0.511 e. The Morgan fingerprint density at radius 3 is 2.44 bits per heavy atom. The van der Waals surface area contributed by atoms with Gasteiger partial charge in [0.15, 0.2) is 0 Å². The number of sulfonamides is 1. The Bertz CT molecular complexity index is 1080. The normalized spacial score (nSPS) is 20.6. The van der Waals surface area contributed by atoms with E-state index in [9.17, 15) is 30.4 Å². The lowest BCUT2D eigenvalue weighted by Crippen LogP contribution is -2.47. The molecule has 2 heterocycles. The van der Waals surface area contributed by atoms with Gasteiger partial charge < -0.3 is 4.90 Å². The Labute approximate surface area is 195 Å². The number of alkyl halides is 5. The molecular weight excluding hydrogens is 479 g/mol. The van der Waals surface area contributed by atoms with Crippen LogP contribution in [0.5, 0.6) is 0 Å². The van der Waals surface area contributed by atoms with E-state index < -0.39 is 34.7 Å². The summed E-state index contributed by atoms with van der Waals surface area (Å²) in [6.45, 7) is -3.45. The molecule has 12 heteroatoms. The lowest BCUT2D eigenvalue weighted by molar-refractivity contribution is -0.0492. The summed E-state index contributed by atoms with van der Waals surface area (Å²) in [5.41, 5.74) is -4.08. The summed E-state index contributed by atoms with van der Waals surface area (Å²) < 4.78 is 92.5. The molecule has 0 N–H and O–H groups in total. The molecule has 0 unspecified atom stereocenters. The summed E-state index contributed by atoms with van der Waals surface area (Å²) in [4.78, 5) is 5.87. The fourth-order valence-corrected chi connectivity index (χ4v) is 5.94. The number of hydrogen-bond donors (Lipinski definition) is 0. The summed E-state index contributed by atoms with van der Waals surface area (Å²) in [5.74, 6) is 0.450. The topological polar surface area (TPSA) is 58.4 Å². The van der Waals surface area contributed by atoms with E-state index in [-0.39, 0.29) is 13.1 Å². The highest BCUT2D eigenvalue weighted by Gasteiger charge is 2.51. The number of hydrogen-bond acceptors (Lipinski definition) is 4. The van der Waals surface area contributed by atoms with Gasteiger partial charge in [0.1, 0.15) is 0 Å². The van der Waals surface area contributed by atoms with E-state index in [4.69, 9.17) is 0 Å². The molecule has 0 saturated heterocycles. The molecule has 0 bridgehead atoms. The number of aromatic nitrogens is 2. The Morgan fingerprint density at radius 2 is 1.79 bits per heavy atom. The third-order valence-electron chi connectivity index (χ3n) is 6.73. The van der Waals surface area contributed by atoms with E-state index in [1.54, 1.807) is 24.3 Å². The molecule has 1 aromatic heterocycles. The second-order valence-electron chi connectivity index (χ2n) is 8.97. The minimum absolute atomic E-state index is 0.0754. The second kappa shape index (κ2) is 9.80. The average molecular weight is 507 g/mol. The van der Waals surface area contributed by atoms with Crippen molar-refractivity contribution in [2.75, 3.05) is 11.4 Å². The summed E-state index contributed by atoms with van der Waals surface area (Å²) >= 11 is 0. The molecule has 1 fully saturated rings. The first-order valence-electron chi connectivity index (χ1n) is 11.3. The number of anilines is 1. The third-order valence-corrected chi connectivity index (χ3v) is 8.27. The lowest BCUT2D eigenvalue weighted by Gasteiger charge is -2.34. The number of fused-ring (bicyclic) bond motifs is 1. The predicted molar refractivity (Wildman–Crippen MR) is 116 cm³/mol. The van der Waals surface area contributed by atoms with Crippen molar-refractivity contribution in [3.8, 4) is 0 Å². The Balaban J connectivity index is 1.70. The molecule has 188 valence electrons. The van der Waals surface area contributed by atoms with Crippen LogP contribution in [0.2, 0.25) is 0 Å². The van der Waals surface area contributed by atoms with Crippen molar-refractivity contribution in [3.63, 3.8) is 0 Å². The van der Waals surface area contributed by atoms with Crippen molar-refractivity contribution in [3.05, 3.63) is 48.0 Å². The summed E-state index contributed by atoms with van der Waals surface area (Å²) in [7, 11) is -5.55. The molecule has 1 aliphatic heterocycles. The van der Waals surface area contributed by atoms with Gasteiger partial charge in [0.05, 0.1) is 18.6 Å². The number of imidazole rings is 1. The molecule has 1 saturated carbocycles. The minimum atomic E-state index is -5.55. The first-order chi connectivity index (χ1) is 16.1. The first kappa shape index (κ1) is 24.9. The molecule has 0 amide bonds. The van der Waals surface area contributed by atoms with Crippen molar-refractivity contribution in [2.45, 2.75) is 69.7 Å². The van der Waals surface area contributed by atoms with Crippen LogP contribution in [-0.4, -0.2) is 40.4 Å². The third kappa shape index (κ3) is 5.22. The summed E-state index contributed by atoms with van der Waals surface area (Å²) in [6.07, 6.45) is 7.78. The molecule has 1 atom stereocenters. The van der Waals surface area contributed by atoms with E-state index in [2.05, 4.69) is 4.98 Å². The maximum absolute atomic E-state index is 13.5. The number of halogens is 5. The standard InChI is InChI=1S/C22H27F5N4O2S/c23-21(24)29-12-18(28-15-29)13-31-19(10-9-16-5-1-2-6-16)14-30(34(32,33)22(25,26)27)11-17-7-3-4-8-20(17)31/h3-4,7-8,12,15-16,19,21H,1-2,5-6,9-11,13-14H2/t19-/m0/s1. The van der Waals surface area contributed by atoms with Crippen LogP contribution in [0.4, 0.5) is 27.6 Å². The Kier molecular flexibility index (Phi) is 7.18. The predicted octanol–water partition coefficient (Wildman–Crippen LogP) is 5.29. The van der Waals surface area contributed by atoms with Crippen LogP contribution in [0.3, 0.4) is 0 Å². The van der Waals surface area contributed by atoms with E-state index in [1.165, 1.54) is 6.20 Å². The van der Waals surface area contributed by atoms with Crippen molar-refractivity contribution < 1.29 is 30.4 Å². The average Bonchev–Trinajstić information content (AvgIpc) is 3.43. The van der Waals surface area contributed by atoms with Crippen molar-refractivity contribution in [1.29, 1.82) is 0 Å². The Hall–Kier alpha value is -2.21. The van der Waals surface area contributed by atoms with Gasteiger partial charge in [-0.25, -0.2) is 13.4 Å². The van der Waals surface area contributed by atoms with Crippen LogP contribution in [0.25, 0.3) is 0 Å². The fourth-order valence-electron chi connectivity index (χ4n) is 4.97. The van der Waals surface area contributed by atoms with Crippen LogP contribution in [0, 0.1) is 5.92 Å². The minimum Gasteiger partial charge on any atom is -0.361 e. The van der Waals surface area contributed by atoms with Gasteiger partial charge in [-0.2, -0.15) is 26.3 Å². The molecule has 0 spiro atoms. The van der Waals surface area contributed by atoms with Crippen molar-refractivity contribution >= 4 is 15.7 Å². The van der Waals surface area contributed by atoms with Crippen LogP contribution in [-0.2, 0) is 23.1 Å². The Morgan fingerprint density at radius 1 is 1.09 bits per heavy atom. The molecule has 4 rings (SSSR count). The van der Waals surface area contributed by atoms with Gasteiger partial charge in [-0.15, -0.1) is 0 Å². The first-order valence-corrected chi connectivity index (χ1v) is 12.7. The fraction of sp³-hybridized carbons (Fsp3) is 0.591. The molecular formula is C22H27F5N4O2S. The zero-order chi connectivity index (χ0) is 24.5. The zero-order valence-corrected chi connectivity index (χ0v) is 19.3. The van der Waals surface area contributed by atoms with Gasteiger partial charge in [-0.1, -0.05) is 43.9 Å². The number of nitrogens with zero attached hydrogens (tertiary/aromatic N) is 4. The molecule has 6 nitrogen and oxygen atoms in total. The highest BCUT2D eigenvalue weighted by molar-refractivity contribution is 7.89. The molecule has 0 radical (unpaired) electrons. The van der Waals surface area contributed by atoms with Crippen molar-refractivity contribution in [1.82, 2.24) is 13.9 Å². The van der Waals surface area contributed by atoms with E-state index in [0.29, 0.717) is 38.2 Å². The second-order valence-corrected chi connectivity index (χ2v) is 10.9. The van der Waals surface area contributed by atoms with Gasteiger partial charge in [-0.05, 0) is 30.4 Å². The number of rotatable bonds is 7. The molecule has 2 aromatic rings. The maximum atomic E-state index is 13.5. The SMILES string of the molecule is O=S(=O)(N1Cc2ccccc2N(Cc2cn(C(F)F)cn2)[C@@H](CCC2CCCC2)C1)C(F)(F)F. The highest BCUT2D eigenvalue weighted by atomic mass is 32.2.